The van der Waals surface area contributed by atoms with Gasteiger partial charge in [0.15, 0.2) is 23.1 Å². The van der Waals surface area contributed by atoms with Crippen molar-refractivity contribution in [1.29, 1.82) is 0 Å². The van der Waals surface area contributed by atoms with E-state index >= 15 is 0 Å². The van der Waals surface area contributed by atoms with Gasteiger partial charge in [-0.25, -0.2) is 0 Å². The molecule has 0 aliphatic carbocycles. The number of hydrogen-bond donors (Lipinski definition) is 0. The summed E-state index contributed by atoms with van der Waals surface area (Å²) in [6.45, 7) is 29.3. The highest BCUT2D eigenvalue weighted by molar-refractivity contribution is 8.04. The fourth-order valence-corrected chi connectivity index (χ4v) is 45.9. The fraction of sp³-hybridized carbons (Fsp3) is 0.917. The summed E-state index contributed by atoms with van der Waals surface area (Å²) >= 11 is 0. The van der Waals surface area contributed by atoms with Crippen LogP contribution in [0.3, 0.4) is 0 Å². The van der Waals surface area contributed by atoms with Crippen molar-refractivity contribution in [1.82, 2.24) is 0 Å². The molecule has 0 aromatic carbocycles. The second-order valence-electron chi connectivity index (χ2n) is 12.8. The van der Waals surface area contributed by atoms with Crippen LogP contribution in [0.15, 0.2) is 11.6 Å². The van der Waals surface area contributed by atoms with Crippen molar-refractivity contribution >= 4 is 36.3 Å². The molecule has 1 rings (SSSR count). The lowest BCUT2D eigenvalue weighted by Crippen LogP contribution is -2.20. The average Bonchev–Trinajstić information content (AvgIpc) is 2.48. The highest BCUT2D eigenvalue weighted by Crippen LogP contribution is 2.85. The van der Waals surface area contributed by atoms with Crippen LogP contribution in [-0.4, -0.2) is 89.8 Å². The van der Waals surface area contributed by atoms with E-state index in [1.54, 1.807) is 17.7 Å². The van der Waals surface area contributed by atoms with Crippen LogP contribution in [-0.2, 0) is 0 Å². The van der Waals surface area contributed by atoms with Gasteiger partial charge in [-0.2, -0.15) is 0 Å². The zero-order valence-corrected chi connectivity index (χ0v) is 26.5. The first-order valence-corrected chi connectivity index (χ1v) is 26.7. The van der Waals surface area contributed by atoms with Gasteiger partial charge in [0, 0.05) is 6.42 Å². The molecule has 0 radical (unpaired) electrons. The minimum atomic E-state index is -1.02. The third kappa shape index (κ3) is 10.6. The standard InChI is InChI=1S/C24H56P5/c1-12-13-14-15-16-17-18-24-28(8,9)20-19-25(2,3)21-26(4,5)22-27(6,7)23-29(24,10)11/h19-20,24H,12-18,21-23H2,1-11H3/q+5. The molecular weight excluding hydrogens is 443 g/mol. The Kier molecular flexibility index (Phi) is 11.3. The van der Waals surface area contributed by atoms with E-state index < -0.39 is 36.3 Å². The van der Waals surface area contributed by atoms with Gasteiger partial charge < -0.3 is 0 Å². The summed E-state index contributed by atoms with van der Waals surface area (Å²) in [5.41, 5.74) is 0. The first-order valence-electron chi connectivity index (χ1n) is 11.9. The SMILES string of the molecule is CCCCCCCCC1[P+](C)(C)C=C[P+](C)(C)C[P+](C)(C)C[P+](C)(C)C[P+]1(C)C. The maximum atomic E-state index is 2.82. The summed E-state index contributed by atoms with van der Waals surface area (Å²) in [5, 5.41) is 1.01. The molecule has 0 spiro atoms. The topological polar surface area (TPSA) is 0 Å². The predicted octanol–water partition coefficient (Wildman–Crippen LogP) is 9.81. The van der Waals surface area contributed by atoms with E-state index in [0.717, 1.165) is 5.40 Å². The Hall–Kier alpha value is 1.89. The largest absolute Gasteiger partial charge is 0.175 e. The van der Waals surface area contributed by atoms with Crippen molar-refractivity contribution in [3.05, 3.63) is 11.6 Å². The first-order chi connectivity index (χ1) is 13.0. The van der Waals surface area contributed by atoms with Gasteiger partial charge in [0.2, 0.25) is 0 Å². The van der Waals surface area contributed by atoms with Gasteiger partial charge in [-0.05, 0) is 6.42 Å². The van der Waals surface area contributed by atoms with Crippen molar-refractivity contribution in [2.45, 2.75) is 57.3 Å². The first kappa shape index (κ1) is 28.9. The molecule has 0 amide bonds. The van der Waals surface area contributed by atoms with Crippen molar-refractivity contribution in [2.24, 2.45) is 0 Å². The van der Waals surface area contributed by atoms with Crippen LogP contribution in [0.2, 0.25) is 0 Å². The van der Waals surface area contributed by atoms with Gasteiger partial charge in [-0.1, -0.05) is 39.0 Å². The summed E-state index contributed by atoms with van der Waals surface area (Å²) in [5.74, 6) is 10.4. The van der Waals surface area contributed by atoms with E-state index in [-0.39, 0.29) is 0 Å². The average molecular weight is 500 g/mol. The smallest absolute Gasteiger partial charge is 0.0654 e. The van der Waals surface area contributed by atoms with Gasteiger partial charge in [-0.3, -0.25) is 0 Å². The molecule has 29 heavy (non-hydrogen) atoms. The lowest BCUT2D eigenvalue weighted by Gasteiger charge is -2.34. The normalized spacial score (nSPS) is 27.9. The Morgan fingerprint density at radius 3 is 1.72 bits per heavy atom. The summed E-state index contributed by atoms with van der Waals surface area (Å²) in [7, 11) is -4.45. The van der Waals surface area contributed by atoms with Gasteiger partial charge in [0.25, 0.3) is 0 Å². The Balaban J connectivity index is 3.14. The van der Waals surface area contributed by atoms with Crippen molar-refractivity contribution in [3.63, 3.8) is 0 Å². The van der Waals surface area contributed by atoms with E-state index in [1.807, 2.05) is 0 Å². The maximum absolute atomic E-state index is 2.82. The molecule has 5 heteroatoms. The third-order valence-corrected chi connectivity index (χ3v) is 34.0. The monoisotopic (exact) mass is 499 g/mol. The summed E-state index contributed by atoms with van der Waals surface area (Å²) < 4.78 is 0. The molecule has 0 fully saturated rings. The highest BCUT2D eigenvalue weighted by atomic mass is 31.3. The van der Waals surface area contributed by atoms with Crippen LogP contribution in [0, 0.1) is 0 Å². The zero-order chi connectivity index (χ0) is 22.6. The van der Waals surface area contributed by atoms with Gasteiger partial charge in [0.05, 0.1) is 115 Å². The minimum absolute atomic E-state index is 0.794. The van der Waals surface area contributed by atoms with Crippen LogP contribution in [0.5, 0.6) is 0 Å². The lowest BCUT2D eigenvalue weighted by atomic mass is 10.1. The Bertz CT molecular complexity index is 531. The Morgan fingerprint density at radius 2 is 1.14 bits per heavy atom. The van der Waals surface area contributed by atoms with Gasteiger partial charge in [-0.15, -0.1) is 0 Å². The zero-order valence-electron chi connectivity index (χ0n) is 22.0. The van der Waals surface area contributed by atoms with Crippen LogP contribution >= 0.6 is 36.3 Å². The lowest BCUT2D eigenvalue weighted by molar-refractivity contribution is 0.598. The van der Waals surface area contributed by atoms with Gasteiger partial charge in [0.1, 0.15) is 0 Å². The van der Waals surface area contributed by atoms with Crippen LogP contribution in [0.1, 0.15) is 51.9 Å². The van der Waals surface area contributed by atoms with Crippen LogP contribution in [0.25, 0.3) is 0 Å². The van der Waals surface area contributed by atoms with Crippen molar-refractivity contribution < 1.29 is 0 Å². The summed E-state index contributed by atoms with van der Waals surface area (Å²) in [6, 6.07) is 0. The summed E-state index contributed by atoms with van der Waals surface area (Å²) in [4.78, 5) is 0. The number of unbranched alkanes of at least 4 members (excludes halogenated alkanes) is 5. The molecule has 0 aromatic heterocycles. The molecule has 1 aliphatic heterocycles. The molecule has 1 unspecified atom stereocenters. The second kappa shape index (κ2) is 11.3. The van der Waals surface area contributed by atoms with E-state index in [4.69, 9.17) is 0 Å². The Labute approximate surface area is 189 Å². The molecular formula is C24H56P5+5. The molecule has 1 aliphatic rings. The number of rotatable bonds is 7. The van der Waals surface area contributed by atoms with Crippen molar-refractivity contribution in [2.75, 3.05) is 84.4 Å². The highest BCUT2D eigenvalue weighted by Gasteiger charge is 2.58. The molecule has 0 nitrogen and oxygen atoms in total. The summed E-state index contributed by atoms with van der Waals surface area (Å²) in [6.07, 6.45) is 10.2. The second-order valence-corrected chi connectivity index (χ2v) is 36.6. The van der Waals surface area contributed by atoms with E-state index in [0.29, 0.717) is 0 Å². The van der Waals surface area contributed by atoms with E-state index in [2.05, 4.69) is 85.2 Å². The Morgan fingerprint density at radius 1 is 0.621 bits per heavy atom. The minimum Gasteiger partial charge on any atom is -0.0654 e. The van der Waals surface area contributed by atoms with Gasteiger partial charge >= 0.3 is 0 Å². The molecule has 0 N–H and O–H groups in total. The molecule has 1 heterocycles. The van der Waals surface area contributed by atoms with E-state index in [1.165, 1.54) is 44.9 Å². The molecule has 0 bridgehead atoms. The molecule has 1 atom stereocenters. The third-order valence-electron chi connectivity index (χ3n) is 6.51. The quantitative estimate of drug-likeness (QED) is 0.242. The van der Waals surface area contributed by atoms with Crippen LogP contribution in [0.4, 0.5) is 0 Å². The number of hydrogen-bond acceptors (Lipinski definition) is 0. The molecule has 0 saturated heterocycles. The predicted molar refractivity (Wildman–Crippen MR) is 159 cm³/mol. The van der Waals surface area contributed by atoms with Crippen molar-refractivity contribution in [3.8, 4) is 0 Å². The van der Waals surface area contributed by atoms with E-state index in [9.17, 15) is 0 Å². The molecule has 0 saturated carbocycles. The molecule has 0 aromatic rings. The fourth-order valence-electron chi connectivity index (χ4n) is 6.29. The maximum Gasteiger partial charge on any atom is 0.175 e. The molecule has 172 valence electrons. The van der Waals surface area contributed by atoms with Crippen LogP contribution < -0.4 is 0 Å².